The molecule has 0 saturated heterocycles. The Hall–Kier alpha value is -2.58. The molecule has 0 aromatic heterocycles. The molecule has 9 heteroatoms. The number of hydrogen-bond acceptors (Lipinski definition) is 4. The third-order valence-electron chi connectivity index (χ3n) is 4.01. The molecular weight excluding hydrogens is 447 g/mol. The average molecular weight is 465 g/mol. The molecule has 0 spiro atoms. The van der Waals surface area contributed by atoms with Gasteiger partial charge < -0.3 is 10.1 Å². The van der Waals surface area contributed by atoms with E-state index in [2.05, 4.69) is 10.0 Å². The van der Waals surface area contributed by atoms with E-state index in [9.17, 15) is 13.2 Å². The standard InChI is InChI=1S/C21H18Cl2N2O4S/c1-14(25-30(27,28)20-13-15(22)7-12-19(20)23)21(26)24-16-8-10-18(11-9-16)29-17-5-3-2-4-6-17/h2-14,25H,1H3,(H,24,26)/t14-/m0/s1. The first kappa shape index (κ1) is 22.1. The Morgan fingerprint density at radius 3 is 2.23 bits per heavy atom. The predicted molar refractivity (Wildman–Crippen MR) is 118 cm³/mol. The molecule has 3 rings (SSSR count). The number of rotatable bonds is 7. The molecule has 0 saturated carbocycles. The molecule has 156 valence electrons. The van der Waals surface area contributed by atoms with E-state index in [-0.39, 0.29) is 14.9 Å². The van der Waals surface area contributed by atoms with Crippen molar-refractivity contribution in [3.05, 3.63) is 82.8 Å². The molecule has 3 aromatic rings. The number of amides is 1. The number of carbonyl (C=O) groups excluding carboxylic acids is 1. The van der Waals surface area contributed by atoms with E-state index in [4.69, 9.17) is 27.9 Å². The van der Waals surface area contributed by atoms with Crippen LogP contribution < -0.4 is 14.8 Å². The number of halogens is 2. The Morgan fingerprint density at radius 2 is 1.57 bits per heavy atom. The normalized spacial score (nSPS) is 12.2. The minimum absolute atomic E-state index is 0.00788. The minimum atomic E-state index is -4.04. The summed E-state index contributed by atoms with van der Waals surface area (Å²) in [6.45, 7) is 1.43. The van der Waals surface area contributed by atoms with Crippen molar-refractivity contribution >= 4 is 44.8 Å². The molecule has 6 nitrogen and oxygen atoms in total. The van der Waals surface area contributed by atoms with Crippen LogP contribution in [0.15, 0.2) is 77.7 Å². The summed E-state index contributed by atoms with van der Waals surface area (Å²) in [6, 6.07) is 19.0. The Kier molecular flexibility index (Phi) is 6.99. The van der Waals surface area contributed by atoms with E-state index in [0.717, 1.165) is 0 Å². The second kappa shape index (κ2) is 9.49. The SMILES string of the molecule is C[C@H](NS(=O)(=O)c1cc(Cl)ccc1Cl)C(=O)Nc1ccc(Oc2ccccc2)cc1. The van der Waals surface area contributed by atoms with Gasteiger partial charge in [-0.3, -0.25) is 4.79 Å². The van der Waals surface area contributed by atoms with Gasteiger partial charge in [0.25, 0.3) is 0 Å². The second-order valence-corrected chi connectivity index (χ2v) is 8.87. The van der Waals surface area contributed by atoms with Crippen molar-refractivity contribution in [2.24, 2.45) is 0 Å². The van der Waals surface area contributed by atoms with Crippen LogP contribution in [0.3, 0.4) is 0 Å². The van der Waals surface area contributed by atoms with E-state index < -0.39 is 22.0 Å². The number of hydrogen-bond donors (Lipinski definition) is 2. The molecule has 30 heavy (non-hydrogen) atoms. The fourth-order valence-electron chi connectivity index (χ4n) is 2.51. The molecule has 0 aliphatic heterocycles. The van der Waals surface area contributed by atoms with Crippen molar-refractivity contribution in [2.45, 2.75) is 17.9 Å². The van der Waals surface area contributed by atoms with E-state index >= 15 is 0 Å². The maximum Gasteiger partial charge on any atom is 0.242 e. The van der Waals surface area contributed by atoms with Gasteiger partial charge in [0.2, 0.25) is 15.9 Å². The van der Waals surface area contributed by atoms with Gasteiger partial charge in [0, 0.05) is 10.7 Å². The first-order valence-electron chi connectivity index (χ1n) is 8.86. The van der Waals surface area contributed by atoms with Crippen LogP contribution in [0.4, 0.5) is 5.69 Å². The number of ether oxygens (including phenoxy) is 1. The lowest BCUT2D eigenvalue weighted by molar-refractivity contribution is -0.117. The molecule has 0 unspecified atom stereocenters. The highest BCUT2D eigenvalue weighted by atomic mass is 35.5. The van der Waals surface area contributed by atoms with Crippen molar-refractivity contribution in [1.82, 2.24) is 4.72 Å². The molecule has 0 radical (unpaired) electrons. The number of sulfonamides is 1. The summed E-state index contributed by atoms with van der Waals surface area (Å²) < 4.78 is 33.1. The molecular formula is C21H18Cl2N2O4S. The lowest BCUT2D eigenvalue weighted by Gasteiger charge is -2.15. The van der Waals surface area contributed by atoms with Crippen molar-refractivity contribution < 1.29 is 17.9 Å². The first-order chi connectivity index (χ1) is 14.2. The van der Waals surface area contributed by atoms with Gasteiger partial charge >= 0.3 is 0 Å². The molecule has 0 aliphatic rings. The Bertz CT molecular complexity index is 1140. The van der Waals surface area contributed by atoms with Crippen LogP contribution in [0, 0.1) is 0 Å². The van der Waals surface area contributed by atoms with Crippen molar-refractivity contribution in [1.29, 1.82) is 0 Å². The maximum atomic E-state index is 12.5. The van der Waals surface area contributed by atoms with Crippen LogP contribution in [0.25, 0.3) is 0 Å². The van der Waals surface area contributed by atoms with Gasteiger partial charge in [-0.15, -0.1) is 0 Å². The number of anilines is 1. The van der Waals surface area contributed by atoms with Crippen LogP contribution in [-0.2, 0) is 14.8 Å². The Labute approximate surface area is 184 Å². The van der Waals surface area contributed by atoms with Gasteiger partial charge in [0.15, 0.2) is 0 Å². The van der Waals surface area contributed by atoms with Gasteiger partial charge in [0.1, 0.15) is 16.4 Å². The van der Waals surface area contributed by atoms with Gasteiger partial charge in [-0.1, -0.05) is 41.4 Å². The van der Waals surface area contributed by atoms with Crippen LogP contribution in [0.2, 0.25) is 10.0 Å². The Balaban J connectivity index is 1.63. The predicted octanol–water partition coefficient (Wildman–Crippen LogP) is 5.09. The van der Waals surface area contributed by atoms with E-state index in [1.807, 2.05) is 30.3 Å². The highest BCUT2D eigenvalue weighted by Gasteiger charge is 2.24. The Morgan fingerprint density at radius 1 is 0.933 bits per heavy atom. The monoisotopic (exact) mass is 464 g/mol. The van der Waals surface area contributed by atoms with Crippen molar-refractivity contribution in [3.8, 4) is 11.5 Å². The smallest absolute Gasteiger partial charge is 0.242 e. The fourth-order valence-corrected chi connectivity index (χ4v) is 4.48. The van der Waals surface area contributed by atoms with Gasteiger partial charge in [-0.25, -0.2) is 8.42 Å². The molecule has 2 N–H and O–H groups in total. The zero-order valence-electron chi connectivity index (χ0n) is 15.8. The van der Waals surface area contributed by atoms with Crippen LogP contribution >= 0.6 is 23.2 Å². The third-order valence-corrected chi connectivity index (χ3v) is 6.27. The van der Waals surface area contributed by atoms with Crippen LogP contribution in [0.5, 0.6) is 11.5 Å². The van der Waals surface area contributed by atoms with E-state index in [1.54, 1.807) is 24.3 Å². The van der Waals surface area contributed by atoms with Gasteiger partial charge in [-0.05, 0) is 61.5 Å². The number of carbonyl (C=O) groups is 1. The topological polar surface area (TPSA) is 84.5 Å². The second-order valence-electron chi connectivity index (χ2n) is 6.35. The van der Waals surface area contributed by atoms with Crippen LogP contribution in [0.1, 0.15) is 6.92 Å². The summed E-state index contributed by atoms with van der Waals surface area (Å²) in [6.07, 6.45) is 0. The minimum Gasteiger partial charge on any atom is -0.457 e. The highest BCUT2D eigenvalue weighted by molar-refractivity contribution is 7.89. The quantitative estimate of drug-likeness (QED) is 0.509. The largest absolute Gasteiger partial charge is 0.457 e. The maximum absolute atomic E-state index is 12.5. The fraction of sp³-hybridized carbons (Fsp3) is 0.0952. The summed E-state index contributed by atoms with van der Waals surface area (Å²) in [7, 11) is -4.04. The average Bonchev–Trinajstić information content (AvgIpc) is 2.71. The molecule has 0 bridgehead atoms. The van der Waals surface area contributed by atoms with Crippen molar-refractivity contribution in [2.75, 3.05) is 5.32 Å². The summed E-state index contributed by atoms with van der Waals surface area (Å²) in [5.41, 5.74) is 0.493. The number of benzene rings is 3. The van der Waals surface area contributed by atoms with E-state index in [1.165, 1.54) is 25.1 Å². The molecule has 3 aromatic carbocycles. The summed E-state index contributed by atoms with van der Waals surface area (Å²) >= 11 is 11.8. The zero-order valence-corrected chi connectivity index (χ0v) is 18.1. The number of para-hydroxylation sites is 1. The molecule has 1 atom stereocenters. The van der Waals surface area contributed by atoms with Gasteiger partial charge in [-0.2, -0.15) is 4.72 Å². The highest BCUT2D eigenvalue weighted by Crippen LogP contribution is 2.25. The summed E-state index contributed by atoms with van der Waals surface area (Å²) in [5, 5.41) is 2.88. The summed E-state index contributed by atoms with van der Waals surface area (Å²) in [4.78, 5) is 12.2. The number of nitrogens with one attached hydrogen (secondary N) is 2. The van der Waals surface area contributed by atoms with Crippen LogP contribution in [-0.4, -0.2) is 20.4 Å². The molecule has 0 fully saturated rings. The summed E-state index contributed by atoms with van der Waals surface area (Å²) in [5.74, 6) is 0.758. The van der Waals surface area contributed by atoms with Gasteiger partial charge in [0.05, 0.1) is 11.1 Å². The molecule has 1 amide bonds. The lowest BCUT2D eigenvalue weighted by Crippen LogP contribution is -2.41. The third kappa shape index (κ3) is 5.73. The molecule has 0 aliphatic carbocycles. The zero-order chi connectivity index (χ0) is 21.7. The lowest BCUT2D eigenvalue weighted by atomic mass is 10.2. The molecule has 0 heterocycles. The van der Waals surface area contributed by atoms with Crippen molar-refractivity contribution in [3.63, 3.8) is 0 Å². The van der Waals surface area contributed by atoms with E-state index in [0.29, 0.717) is 17.2 Å². The first-order valence-corrected chi connectivity index (χ1v) is 11.1.